The SMILES string of the molecule is Clc1ccc(Oc2ccc3cccnc3c2)nn1. The number of benzene rings is 1. The summed E-state index contributed by atoms with van der Waals surface area (Å²) in [6.45, 7) is 0. The lowest BCUT2D eigenvalue weighted by Gasteiger charge is -2.04. The summed E-state index contributed by atoms with van der Waals surface area (Å²) in [7, 11) is 0. The van der Waals surface area contributed by atoms with Gasteiger partial charge in [-0.05, 0) is 24.3 Å². The molecule has 2 heterocycles. The maximum atomic E-state index is 5.65. The van der Waals surface area contributed by atoms with Gasteiger partial charge in [-0.2, -0.15) is 0 Å². The highest BCUT2D eigenvalue weighted by molar-refractivity contribution is 6.29. The Labute approximate surface area is 108 Å². The van der Waals surface area contributed by atoms with Gasteiger partial charge in [-0.15, -0.1) is 10.2 Å². The van der Waals surface area contributed by atoms with E-state index < -0.39 is 0 Å². The summed E-state index contributed by atoms with van der Waals surface area (Å²) in [6.07, 6.45) is 1.74. The molecule has 0 N–H and O–H groups in total. The fourth-order valence-corrected chi connectivity index (χ4v) is 1.69. The molecule has 3 rings (SSSR count). The molecule has 0 unspecified atom stereocenters. The first-order chi connectivity index (χ1) is 8.81. The lowest BCUT2D eigenvalue weighted by atomic mass is 10.2. The number of nitrogens with zero attached hydrogens (tertiary/aromatic N) is 3. The molecule has 0 atom stereocenters. The predicted molar refractivity (Wildman–Crippen MR) is 68.9 cm³/mol. The topological polar surface area (TPSA) is 47.9 Å². The van der Waals surface area contributed by atoms with Crippen molar-refractivity contribution in [1.29, 1.82) is 0 Å². The van der Waals surface area contributed by atoms with E-state index in [1.807, 2.05) is 30.3 Å². The Morgan fingerprint density at radius 3 is 2.78 bits per heavy atom. The smallest absolute Gasteiger partial charge is 0.238 e. The van der Waals surface area contributed by atoms with Crippen LogP contribution >= 0.6 is 11.6 Å². The van der Waals surface area contributed by atoms with Crippen LogP contribution in [0.5, 0.6) is 11.6 Å². The minimum Gasteiger partial charge on any atom is -0.437 e. The van der Waals surface area contributed by atoms with Crippen LogP contribution in [0.2, 0.25) is 5.15 Å². The van der Waals surface area contributed by atoms with Crippen LogP contribution in [0, 0.1) is 0 Å². The van der Waals surface area contributed by atoms with Crippen LogP contribution in [0.1, 0.15) is 0 Å². The second-order valence-corrected chi connectivity index (χ2v) is 4.04. The fourth-order valence-electron chi connectivity index (χ4n) is 1.59. The summed E-state index contributed by atoms with van der Waals surface area (Å²) >= 11 is 5.65. The molecule has 4 nitrogen and oxygen atoms in total. The zero-order chi connectivity index (χ0) is 12.4. The molecule has 0 spiro atoms. The van der Waals surface area contributed by atoms with Crippen molar-refractivity contribution in [3.8, 4) is 11.6 Å². The Bertz CT molecular complexity index is 685. The van der Waals surface area contributed by atoms with E-state index in [0.29, 0.717) is 16.8 Å². The van der Waals surface area contributed by atoms with E-state index in [2.05, 4.69) is 15.2 Å². The van der Waals surface area contributed by atoms with Gasteiger partial charge >= 0.3 is 0 Å². The molecular weight excluding hydrogens is 250 g/mol. The Morgan fingerprint density at radius 1 is 1.00 bits per heavy atom. The molecule has 88 valence electrons. The molecule has 18 heavy (non-hydrogen) atoms. The van der Waals surface area contributed by atoms with Crippen LogP contribution in [-0.4, -0.2) is 15.2 Å². The molecule has 0 saturated heterocycles. The molecule has 0 radical (unpaired) electrons. The standard InChI is InChI=1S/C13H8ClN3O/c14-12-5-6-13(17-16-12)18-10-4-3-9-2-1-7-15-11(9)8-10/h1-8H. The monoisotopic (exact) mass is 257 g/mol. The third kappa shape index (κ3) is 2.24. The summed E-state index contributed by atoms with van der Waals surface area (Å²) < 4.78 is 5.57. The van der Waals surface area contributed by atoms with Crippen LogP contribution < -0.4 is 4.74 Å². The molecule has 1 aromatic carbocycles. The van der Waals surface area contributed by atoms with E-state index in [1.54, 1.807) is 18.3 Å². The quantitative estimate of drug-likeness (QED) is 0.705. The van der Waals surface area contributed by atoms with Crippen molar-refractivity contribution in [3.63, 3.8) is 0 Å². The Hall–Kier alpha value is -2.20. The molecule has 0 amide bonds. The van der Waals surface area contributed by atoms with Crippen molar-refractivity contribution in [1.82, 2.24) is 15.2 Å². The van der Waals surface area contributed by atoms with Gasteiger partial charge in [0.2, 0.25) is 5.88 Å². The molecule has 0 aliphatic carbocycles. The van der Waals surface area contributed by atoms with Gasteiger partial charge in [0.05, 0.1) is 5.52 Å². The zero-order valence-corrected chi connectivity index (χ0v) is 10.0. The number of rotatable bonds is 2. The number of hydrogen-bond acceptors (Lipinski definition) is 4. The van der Waals surface area contributed by atoms with E-state index in [9.17, 15) is 0 Å². The van der Waals surface area contributed by atoms with E-state index in [1.165, 1.54) is 0 Å². The van der Waals surface area contributed by atoms with Crippen LogP contribution in [0.15, 0.2) is 48.7 Å². The Morgan fingerprint density at radius 2 is 1.94 bits per heavy atom. The average molecular weight is 258 g/mol. The molecule has 0 fully saturated rings. The molecular formula is C13H8ClN3O. The van der Waals surface area contributed by atoms with Crippen molar-refractivity contribution >= 4 is 22.5 Å². The van der Waals surface area contributed by atoms with E-state index in [-0.39, 0.29) is 0 Å². The normalized spacial score (nSPS) is 10.5. The van der Waals surface area contributed by atoms with Crippen LogP contribution in [0.3, 0.4) is 0 Å². The van der Waals surface area contributed by atoms with Crippen LogP contribution in [0.4, 0.5) is 0 Å². The van der Waals surface area contributed by atoms with Crippen molar-refractivity contribution in [2.75, 3.05) is 0 Å². The first kappa shape index (κ1) is 10.9. The summed E-state index contributed by atoms with van der Waals surface area (Å²) in [5, 5.41) is 8.94. The van der Waals surface area contributed by atoms with Gasteiger partial charge < -0.3 is 4.74 Å². The van der Waals surface area contributed by atoms with Crippen molar-refractivity contribution < 1.29 is 4.74 Å². The second-order valence-electron chi connectivity index (χ2n) is 3.65. The van der Waals surface area contributed by atoms with Crippen molar-refractivity contribution in [3.05, 3.63) is 53.8 Å². The number of fused-ring (bicyclic) bond motifs is 1. The molecule has 2 aromatic heterocycles. The lowest BCUT2D eigenvalue weighted by Crippen LogP contribution is -1.90. The minimum absolute atomic E-state index is 0.336. The minimum atomic E-state index is 0.336. The summed E-state index contributed by atoms with van der Waals surface area (Å²) in [5.74, 6) is 1.06. The van der Waals surface area contributed by atoms with Gasteiger partial charge in [0.15, 0.2) is 5.15 Å². The average Bonchev–Trinajstić information content (AvgIpc) is 2.41. The number of ether oxygens (including phenoxy) is 1. The Balaban J connectivity index is 1.92. The second kappa shape index (κ2) is 4.58. The summed E-state index contributed by atoms with van der Waals surface area (Å²) in [6, 6.07) is 12.8. The number of aromatic nitrogens is 3. The number of pyridine rings is 1. The van der Waals surface area contributed by atoms with E-state index in [4.69, 9.17) is 16.3 Å². The van der Waals surface area contributed by atoms with Gasteiger partial charge in [-0.1, -0.05) is 17.7 Å². The van der Waals surface area contributed by atoms with Crippen molar-refractivity contribution in [2.24, 2.45) is 0 Å². The van der Waals surface area contributed by atoms with Gasteiger partial charge in [0.25, 0.3) is 0 Å². The predicted octanol–water partition coefficient (Wildman–Crippen LogP) is 3.47. The van der Waals surface area contributed by atoms with Crippen LogP contribution in [0.25, 0.3) is 10.9 Å². The third-order valence-corrected chi connectivity index (χ3v) is 2.61. The molecule has 0 aliphatic heterocycles. The molecule has 0 aliphatic rings. The highest BCUT2D eigenvalue weighted by Crippen LogP contribution is 2.23. The third-order valence-electron chi connectivity index (χ3n) is 2.41. The van der Waals surface area contributed by atoms with Gasteiger partial charge in [-0.25, -0.2) is 0 Å². The van der Waals surface area contributed by atoms with Crippen molar-refractivity contribution in [2.45, 2.75) is 0 Å². The van der Waals surface area contributed by atoms with E-state index in [0.717, 1.165) is 10.9 Å². The van der Waals surface area contributed by atoms with Gasteiger partial charge in [0.1, 0.15) is 5.75 Å². The highest BCUT2D eigenvalue weighted by atomic mass is 35.5. The van der Waals surface area contributed by atoms with E-state index >= 15 is 0 Å². The highest BCUT2D eigenvalue weighted by Gasteiger charge is 2.01. The maximum Gasteiger partial charge on any atom is 0.238 e. The summed E-state index contributed by atoms with van der Waals surface area (Å²) in [4.78, 5) is 4.26. The van der Waals surface area contributed by atoms with Gasteiger partial charge in [0, 0.05) is 23.7 Å². The molecule has 3 aromatic rings. The maximum absolute atomic E-state index is 5.65. The van der Waals surface area contributed by atoms with Gasteiger partial charge in [-0.3, -0.25) is 4.98 Å². The zero-order valence-electron chi connectivity index (χ0n) is 9.25. The van der Waals surface area contributed by atoms with Crippen LogP contribution in [-0.2, 0) is 0 Å². The first-order valence-corrected chi connectivity index (χ1v) is 5.71. The number of hydrogen-bond donors (Lipinski definition) is 0. The molecule has 0 bridgehead atoms. The fraction of sp³-hybridized carbons (Fsp3) is 0. The molecule has 0 saturated carbocycles. The summed E-state index contributed by atoms with van der Waals surface area (Å²) in [5.41, 5.74) is 0.872. The largest absolute Gasteiger partial charge is 0.437 e. The Kier molecular flexibility index (Phi) is 2.78. The first-order valence-electron chi connectivity index (χ1n) is 5.33. The number of halogens is 1. The molecule has 5 heteroatoms. The lowest BCUT2D eigenvalue weighted by molar-refractivity contribution is 0.456.